The van der Waals surface area contributed by atoms with Crippen molar-refractivity contribution in [3.05, 3.63) is 40.1 Å². The summed E-state index contributed by atoms with van der Waals surface area (Å²) in [5.74, 6) is 0.0707. The second-order valence-corrected chi connectivity index (χ2v) is 9.27. The molecule has 3 rings (SSSR count). The standard InChI is InChI=1S/C19H24N2O4S2/c1-3-25-16-8-7-15(20-19(22)18-14(2)9-12-26-18)13-17(16)27(23,24)21-10-5-4-6-11-21/h7-9,12-13H,3-6,10-11H2,1-2H3,(H,20,22). The Kier molecular flexibility index (Phi) is 6.18. The first-order chi connectivity index (χ1) is 12.9. The van der Waals surface area contributed by atoms with Gasteiger partial charge < -0.3 is 10.1 Å². The van der Waals surface area contributed by atoms with Crippen LogP contribution in [-0.2, 0) is 10.0 Å². The summed E-state index contributed by atoms with van der Waals surface area (Å²) in [7, 11) is -3.68. The van der Waals surface area contributed by atoms with Crippen LogP contribution in [0.1, 0.15) is 41.4 Å². The molecule has 1 N–H and O–H groups in total. The van der Waals surface area contributed by atoms with E-state index in [1.54, 1.807) is 12.1 Å². The molecule has 1 aromatic heterocycles. The van der Waals surface area contributed by atoms with E-state index in [2.05, 4.69) is 5.32 Å². The van der Waals surface area contributed by atoms with E-state index in [9.17, 15) is 13.2 Å². The highest BCUT2D eigenvalue weighted by molar-refractivity contribution is 7.89. The van der Waals surface area contributed by atoms with Gasteiger partial charge in [0.1, 0.15) is 10.6 Å². The molecule has 1 aliphatic rings. The van der Waals surface area contributed by atoms with Crippen LogP contribution in [0.4, 0.5) is 5.69 Å². The van der Waals surface area contributed by atoms with Crippen LogP contribution in [0.15, 0.2) is 34.5 Å². The highest BCUT2D eigenvalue weighted by atomic mass is 32.2. The molecule has 2 aromatic rings. The van der Waals surface area contributed by atoms with Crippen molar-refractivity contribution in [3.63, 3.8) is 0 Å². The molecule has 1 saturated heterocycles. The van der Waals surface area contributed by atoms with Crippen LogP contribution in [0, 0.1) is 6.92 Å². The summed E-state index contributed by atoms with van der Waals surface area (Å²) in [6, 6.07) is 6.65. The molecule has 0 spiro atoms. The lowest BCUT2D eigenvalue weighted by Crippen LogP contribution is -2.35. The van der Waals surface area contributed by atoms with E-state index in [0.717, 1.165) is 24.8 Å². The van der Waals surface area contributed by atoms with Gasteiger partial charge in [-0.1, -0.05) is 6.42 Å². The van der Waals surface area contributed by atoms with E-state index in [1.165, 1.54) is 21.7 Å². The fourth-order valence-electron chi connectivity index (χ4n) is 3.10. The van der Waals surface area contributed by atoms with Crippen molar-refractivity contribution in [2.75, 3.05) is 25.0 Å². The van der Waals surface area contributed by atoms with Crippen LogP contribution < -0.4 is 10.1 Å². The Hall–Kier alpha value is -1.90. The first-order valence-electron chi connectivity index (χ1n) is 9.06. The minimum absolute atomic E-state index is 0.104. The van der Waals surface area contributed by atoms with Crippen molar-refractivity contribution < 1.29 is 17.9 Å². The maximum atomic E-state index is 13.1. The zero-order valence-corrected chi connectivity index (χ0v) is 17.2. The van der Waals surface area contributed by atoms with Gasteiger partial charge in [-0.2, -0.15) is 4.31 Å². The number of aryl methyl sites for hydroxylation is 1. The summed E-state index contributed by atoms with van der Waals surface area (Å²) in [6.07, 6.45) is 2.76. The summed E-state index contributed by atoms with van der Waals surface area (Å²) < 4.78 is 33.3. The minimum atomic E-state index is -3.68. The van der Waals surface area contributed by atoms with Crippen molar-refractivity contribution in [2.24, 2.45) is 0 Å². The molecule has 0 radical (unpaired) electrons. The van der Waals surface area contributed by atoms with Gasteiger partial charge >= 0.3 is 0 Å². The second kappa shape index (κ2) is 8.41. The number of nitrogens with one attached hydrogen (secondary N) is 1. The van der Waals surface area contributed by atoms with Crippen LogP contribution in [0.25, 0.3) is 0 Å². The SMILES string of the molecule is CCOc1ccc(NC(=O)c2sccc2C)cc1S(=O)(=O)N1CCCCC1. The van der Waals surface area contributed by atoms with E-state index in [1.807, 2.05) is 25.3 Å². The zero-order valence-electron chi connectivity index (χ0n) is 15.5. The highest BCUT2D eigenvalue weighted by Gasteiger charge is 2.29. The highest BCUT2D eigenvalue weighted by Crippen LogP contribution is 2.32. The first-order valence-corrected chi connectivity index (χ1v) is 11.4. The van der Waals surface area contributed by atoms with E-state index in [4.69, 9.17) is 4.74 Å². The van der Waals surface area contributed by atoms with Crippen LogP contribution >= 0.6 is 11.3 Å². The molecular weight excluding hydrogens is 384 g/mol. The predicted octanol–water partition coefficient (Wildman–Crippen LogP) is 3.88. The summed E-state index contributed by atoms with van der Waals surface area (Å²) in [4.78, 5) is 13.2. The van der Waals surface area contributed by atoms with Crippen molar-refractivity contribution in [1.29, 1.82) is 0 Å². The number of thiophene rings is 1. The number of rotatable bonds is 6. The Labute approximate surface area is 164 Å². The minimum Gasteiger partial charge on any atom is -0.492 e. The van der Waals surface area contributed by atoms with Gasteiger partial charge in [-0.05, 0) is 61.9 Å². The number of hydrogen-bond donors (Lipinski definition) is 1. The fourth-order valence-corrected chi connectivity index (χ4v) is 5.59. The molecule has 0 aliphatic carbocycles. The number of sulfonamides is 1. The summed E-state index contributed by atoms with van der Waals surface area (Å²) in [5, 5.41) is 4.66. The average Bonchev–Trinajstić information content (AvgIpc) is 3.10. The number of anilines is 1. The molecule has 1 aliphatic heterocycles. The zero-order chi connectivity index (χ0) is 19.4. The van der Waals surface area contributed by atoms with Gasteiger partial charge in [0.05, 0.1) is 11.5 Å². The number of hydrogen-bond acceptors (Lipinski definition) is 5. The molecule has 146 valence electrons. The van der Waals surface area contributed by atoms with Crippen molar-refractivity contribution >= 4 is 33.0 Å². The van der Waals surface area contributed by atoms with Gasteiger partial charge in [0.25, 0.3) is 5.91 Å². The molecule has 0 bridgehead atoms. The van der Waals surface area contributed by atoms with E-state index in [0.29, 0.717) is 36.0 Å². The molecule has 6 nitrogen and oxygen atoms in total. The van der Waals surface area contributed by atoms with Crippen LogP contribution in [0.3, 0.4) is 0 Å². The molecule has 0 unspecified atom stereocenters. The molecule has 8 heteroatoms. The maximum absolute atomic E-state index is 13.1. The molecule has 2 heterocycles. The van der Waals surface area contributed by atoms with Gasteiger partial charge in [-0.15, -0.1) is 11.3 Å². The Balaban J connectivity index is 1.93. The Bertz CT molecular complexity index is 916. The number of benzene rings is 1. The summed E-state index contributed by atoms with van der Waals surface area (Å²) >= 11 is 1.36. The van der Waals surface area contributed by atoms with E-state index >= 15 is 0 Å². The van der Waals surface area contributed by atoms with Crippen LogP contribution in [0.2, 0.25) is 0 Å². The van der Waals surface area contributed by atoms with Gasteiger partial charge in [0.15, 0.2) is 0 Å². The quantitative estimate of drug-likeness (QED) is 0.787. The van der Waals surface area contributed by atoms with E-state index < -0.39 is 10.0 Å². The third kappa shape index (κ3) is 4.34. The Morgan fingerprint density at radius 3 is 2.59 bits per heavy atom. The number of piperidine rings is 1. The van der Waals surface area contributed by atoms with Gasteiger partial charge in [0, 0.05) is 18.8 Å². The van der Waals surface area contributed by atoms with Crippen molar-refractivity contribution in [3.8, 4) is 5.75 Å². The number of carbonyl (C=O) groups is 1. The molecule has 0 saturated carbocycles. The number of amides is 1. The lowest BCUT2D eigenvalue weighted by molar-refractivity contribution is 0.103. The first kappa shape index (κ1) is 19.9. The molecule has 27 heavy (non-hydrogen) atoms. The number of ether oxygens (including phenoxy) is 1. The fraction of sp³-hybridized carbons (Fsp3) is 0.421. The van der Waals surface area contributed by atoms with Gasteiger partial charge in [0.2, 0.25) is 10.0 Å². The van der Waals surface area contributed by atoms with Crippen molar-refractivity contribution in [1.82, 2.24) is 4.31 Å². The number of nitrogens with zero attached hydrogens (tertiary/aromatic N) is 1. The average molecular weight is 409 g/mol. The molecule has 1 aromatic carbocycles. The topological polar surface area (TPSA) is 75.7 Å². The normalized spacial score (nSPS) is 15.5. The summed E-state index contributed by atoms with van der Waals surface area (Å²) in [6.45, 7) is 5.07. The predicted molar refractivity (Wildman–Crippen MR) is 107 cm³/mol. The lowest BCUT2D eigenvalue weighted by atomic mass is 10.2. The van der Waals surface area contributed by atoms with Crippen molar-refractivity contribution in [2.45, 2.75) is 38.0 Å². The maximum Gasteiger partial charge on any atom is 0.265 e. The Morgan fingerprint density at radius 1 is 1.22 bits per heavy atom. The lowest BCUT2D eigenvalue weighted by Gasteiger charge is -2.27. The molecule has 1 fully saturated rings. The monoisotopic (exact) mass is 408 g/mol. The third-order valence-corrected chi connectivity index (χ3v) is 7.44. The molecule has 0 atom stereocenters. The smallest absolute Gasteiger partial charge is 0.265 e. The van der Waals surface area contributed by atoms with Gasteiger partial charge in [-0.3, -0.25) is 4.79 Å². The van der Waals surface area contributed by atoms with Crippen LogP contribution in [0.5, 0.6) is 5.75 Å². The van der Waals surface area contributed by atoms with Crippen LogP contribution in [-0.4, -0.2) is 38.3 Å². The third-order valence-electron chi connectivity index (χ3n) is 4.50. The second-order valence-electron chi connectivity index (χ2n) is 6.45. The largest absolute Gasteiger partial charge is 0.492 e. The molecular formula is C19H24N2O4S2. The van der Waals surface area contributed by atoms with Gasteiger partial charge in [-0.25, -0.2) is 8.42 Å². The Morgan fingerprint density at radius 2 is 1.96 bits per heavy atom. The van der Waals surface area contributed by atoms with E-state index in [-0.39, 0.29) is 10.8 Å². The summed E-state index contributed by atoms with van der Waals surface area (Å²) in [5.41, 5.74) is 1.33. The number of carbonyl (C=O) groups excluding carboxylic acids is 1. The molecule has 1 amide bonds.